The lowest BCUT2D eigenvalue weighted by molar-refractivity contribution is 0.218. The first-order valence-electron chi connectivity index (χ1n) is 6.22. The van der Waals surface area contributed by atoms with E-state index in [1.54, 1.807) is 13.2 Å². The highest BCUT2D eigenvalue weighted by Gasteiger charge is 2.17. The highest BCUT2D eigenvalue weighted by atomic mass is 127. The standard InChI is InChI=1S/C16H16FIO2/c1-9-7-15(20-3)10(2)6-13(9)16(19)12-5-4-11(17)8-14(12)18/h4-8,16,19H,1-3H3. The molecule has 0 aromatic heterocycles. The maximum Gasteiger partial charge on any atom is 0.124 e. The maximum absolute atomic E-state index is 13.2. The van der Waals surface area contributed by atoms with Crippen molar-refractivity contribution in [3.63, 3.8) is 0 Å². The largest absolute Gasteiger partial charge is 0.496 e. The number of halogens is 2. The monoisotopic (exact) mass is 386 g/mol. The van der Waals surface area contributed by atoms with Crippen molar-refractivity contribution in [3.05, 3.63) is 62.0 Å². The first kappa shape index (κ1) is 15.3. The van der Waals surface area contributed by atoms with Crippen molar-refractivity contribution in [1.29, 1.82) is 0 Å². The lowest BCUT2D eigenvalue weighted by atomic mass is 9.95. The molecule has 106 valence electrons. The Hall–Kier alpha value is -1.14. The number of methoxy groups -OCH3 is 1. The maximum atomic E-state index is 13.2. The Morgan fingerprint density at radius 2 is 1.80 bits per heavy atom. The Morgan fingerprint density at radius 1 is 1.10 bits per heavy atom. The minimum atomic E-state index is -0.771. The smallest absolute Gasteiger partial charge is 0.124 e. The highest BCUT2D eigenvalue weighted by molar-refractivity contribution is 14.1. The van der Waals surface area contributed by atoms with Gasteiger partial charge in [-0.3, -0.25) is 0 Å². The molecule has 0 fully saturated rings. The Morgan fingerprint density at radius 3 is 2.40 bits per heavy atom. The summed E-state index contributed by atoms with van der Waals surface area (Å²) >= 11 is 2.04. The number of ether oxygens (including phenoxy) is 1. The molecule has 20 heavy (non-hydrogen) atoms. The Labute approximate surface area is 131 Å². The van der Waals surface area contributed by atoms with Crippen LogP contribution in [0.1, 0.15) is 28.4 Å². The normalized spacial score (nSPS) is 12.3. The number of rotatable bonds is 3. The Kier molecular flexibility index (Phi) is 4.65. The summed E-state index contributed by atoms with van der Waals surface area (Å²) in [6, 6.07) is 8.24. The number of aliphatic hydroxyl groups is 1. The quantitative estimate of drug-likeness (QED) is 0.804. The molecule has 0 radical (unpaired) electrons. The van der Waals surface area contributed by atoms with E-state index in [1.807, 2.05) is 48.6 Å². The average Bonchev–Trinajstić information content (AvgIpc) is 2.40. The molecule has 1 N–H and O–H groups in total. The summed E-state index contributed by atoms with van der Waals surface area (Å²) in [5.74, 6) is 0.500. The second kappa shape index (κ2) is 6.10. The molecule has 0 amide bonds. The molecule has 0 heterocycles. The van der Waals surface area contributed by atoms with Gasteiger partial charge in [0.05, 0.1) is 7.11 Å². The van der Waals surface area contributed by atoms with Crippen molar-refractivity contribution in [1.82, 2.24) is 0 Å². The molecule has 1 atom stereocenters. The predicted molar refractivity (Wildman–Crippen MR) is 85.6 cm³/mol. The highest BCUT2D eigenvalue weighted by Crippen LogP contribution is 2.32. The van der Waals surface area contributed by atoms with Crippen LogP contribution in [0, 0.1) is 23.2 Å². The van der Waals surface area contributed by atoms with Gasteiger partial charge in [-0.25, -0.2) is 4.39 Å². The third-order valence-electron chi connectivity index (χ3n) is 3.34. The van der Waals surface area contributed by atoms with Gasteiger partial charge >= 0.3 is 0 Å². The van der Waals surface area contributed by atoms with Crippen LogP contribution in [0.4, 0.5) is 4.39 Å². The zero-order valence-electron chi connectivity index (χ0n) is 11.6. The van der Waals surface area contributed by atoms with Gasteiger partial charge in [0.1, 0.15) is 17.7 Å². The molecule has 2 nitrogen and oxygen atoms in total. The van der Waals surface area contributed by atoms with Gasteiger partial charge in [-0.2, -0.15) is 0 Å². The summed E-state index contributed by atoms with van der Waals surface area (Å²) in [5.41, 5.74) is 3.43. The Bertz CT molecular complexity index is 641. The zero-order chi connectivity index (χ0) is 14.9. The number of hydrogen-bond acceptors (Lipinski definition) is 2. The first-order chi connectivity index (χ1) is 9.43. The molecule has 2 rings (SSSR count). The number of aliphatic hydroxyl groups excluding tert-OH is 1. The number of hydrogen-bond donors (Lipinski definition) is 1. The Balaban J connectivity index is 2.48. The second-order valence-corrected chi connectivity index (χ2v) is 5.91. The van der Waals surface area contributed by atoms with E-state index in [4.69, 9.17) is 4.74 Å². The van der Waals surface area contributed by atoms with Crippen LogP contribution in [0.25, 0.3) is 0 Å². The summed E-state index contributed by atoms with van der Waals surface area (Å²) in [6.45, 7) is 3.86. The van der Waals surface area contributed by atoms with Gasteiger partial charge in [0, 0.05) is 3.57 Å². The van der Waals surface area contributed by atoms with Crippen LogP contribution in [0.15, 0.2) is 30.3 Å². The summed E-state index contributed by atoms with van der Waals surface area (Å²) < 4.78 is 19.1. The molecule has 0 saturated heterocycles. The third-order valence-corrected chi connectivity index (χ3v) is 4.27. The minimum absolute atomic E-state index is 0.298. The summed E-state index contributed by atoms with van der Waals surface area (Å²) in [4.78, 5) is 0. The van der Waals surface area contributed by atoms with Crippen LogP contribution in [0.2, 0.25) is 0 Å². The van der Waals surface area contributed by atoms with E-state index in [9.17, 15) is 9.50 Å². The molecular weight excluding hydrogens is 370 g/mol. The molecule has 4 heteroatoms. The van der Waals surface area contributed by atoms with Crippen molar-refractivity contribution in [2.75, 3.05) is 7.11 Å². The van der Waals surface area contributed by atoms with Crippen LogP contribution in [-0.2, 0) is 0 Å². The third kappa shape index (κ3) is 2.96. The molecule has 1 unspecified atom stereocenters. The van der Waals surface area contributed by atoms with E-state index in [-0.39, 0.29) is 5.82 Å². The molecule has 0 aliphatic heterocycles. The second-order valence-electron chi connectivity index (χ2n) is 4.75. The lowest BCUT2D eigenvalue weighted by Crippen LogP contribution is -2.05. The SMILES string of the molecule is COc1cc(C)c(C(O)c2ccc(F)cc2I)cc1C. The first-order valence-corrected chi connectivity index (χ1v) is 7.30. The lowest BCUT2D eigenvalue weighted by Gasteiger charge is -2.18. The van der Waals surface area contributed by atoms with Gasteiger partial charge in [-0.15, -0.1) is 0 Å². The summed E-state index contributed by atoms with van der Waals surface area (Å²) in [5, 5.41) is 10.6. The summed E-state index contributed by atoms with van der Waals surface area (Å²) in [7, 11) is 1.63. The van der Waals surface area contributed by atoms with Crippen molar-refractivity contribution < 1.29 is 14.2 Å². The molecule has 0 aliphatic rings. The van der Waals surface area contributed by atoms with Gasteiger partial charge in [0.15, 0.2) is 0 Å². The van der Waals surface area contributed by atoms with E-state index in [2.05, 4.69) is 0 Å². The fourth-order valence-corrected chi connectivity index (χ4v) is 2.99. The predicted octanol–water partition coefficient (Wildman–Crippen LogP) is 4.14. The molecule has 0 spiro atoms. The van der Waals surface area contributed by atoms with Gasteiger partial charge < -0.3 is 9.84 Å². The van der Waals surface area contributed by atoms with E-state index in [0.717, 1.165) is 22.4 Å². The molecule has 2 aromatic rings. The number of benzene rings is 2. The number of aryl methyl sites for hydroxylation is 2. The van der Waals surface area contributed by atoms with Gasteiger partial charge in [0.25, 0.3) is 0 Å². The summed E-state index contributed by atoms with van der Waals surface area (Å²) in [6.07, 6.45) is -0.771. The van der Waals surface area contributed by atoms with E-state index in [1.165, 1.54) is 12.1 Å². The van der Waals surface area contributed by atoms with Crippen LogP contribution in [0.3, 0.4) is 0 Å². The molecule has 0 bridgehead atoms. The average molecular weight is 386 g/mol. The van der Waals surface area contributed by atoms with Gasteiger partial charge in [-0.1, -0.05) is 6.07 Å². The van der Waals surface area contributed by atoms with Crippen molar-refractivity contribution in [2.24, 2.45) is 0 Å². The van der Waals surface area contributed by atoms with Gasteiger partial charge in [0.2, 0.25) is 0 Å². The van der Waals surface area contributed by atoms with Crippen LogP contribution >= 0.6 is 22.6 Å². The molecule has 0 aliphatic carbocycles. The fraction of sp³-hybridized carbons (Fsp3) is 0.250. The molecule has 2 aromatic carbocycles. The van der Waals surface area contributed by atoms with Crippen molar-refractivity contribution >= 4 is 22.6 Å². The molecule has 0 saturated carbocycles. The van der Waals surface area contributed by atoms with Crippen molar-refractivity contribution in [2.45, 2.75) is 20.0 Å². The van der Waals surface area contributed by atoms with Gasteiger partial charge in [-0.05, 0) is 83.0 Å². The van der Waals surface area contributed by atoms with E-state index in [0.29, 0.717) is 9.13 Å². The zero-order valence-corrected chi connectivity index (χ0v) is 13.7. The van der Waals surface area contributed by atoms with Crippen molar-refractivity contribution in [3.8, 4) is 5.75 Å². The van der Waals surface area contributed by atoms with Crippen LogP contribution in [-0.4, -0.2) is 12.2 Å². The van der Waals surface area contributed by atoms with Crippen LogP contribution in [0.5, 0.6) is 5.75 Å². The minimum Gasteiger partial charge on any atom is -0.496 e. The fourth-order valence-electron chi connectivity index (χ4n) is 2.22. The topological polar surface area (TPSA) is 29.5 Å². The van der Waals surface area contributed by atoms with E-state index >= 15 is 0 Å². The van der Waals surface area contributed by atoms with E-state index < -0.39 is 6.10 Å². The van der Waals surface area contributed by atoms with Crippen LogP contribution < -0.4 is 4.74 Å². The molecular formula is C16H16FIO2.